The van der Waals surface area contributed by atoms with Crippen LogP contribution in [0.15, 0.2) is 12.1 Å². The summed E-state index contributed by atoms with van der Waals surface area (Å²) in [5.41, 5.74) is 6.32. The maximum absolute atomic E-state index is 12.1. The largest absolute Gasteiger partial charge is 0.473 e. The second kappa shape index (κ2) is 7.15. The van der Waals surface area contributed by atoms with Crippen LogP contribution in [0.3, 0.4) is 0 Å². The normalized spacial score (nSPS) is 15.1. The molecule has 2 heterocycles. The van der Waals surface area contributed by atoms with Crippen LogP contribution in [-0.4, -0.2) is 41.5 Å². The summed E-state index contributed by atoms with van der Waals surface area (Å²) in [6.07, 6.45) is 3.41. The average Bonchev–Trinajstić information content (AvgIpc) is 2.48. The molecule has 1 aromatic rings. The number of nitrogens with one attached hydrogen (secondary N) is 1. The number of likely N-dealkylation sites (tertiary alicyclic amines) is 1. The Morgan fingerprint density at radius 1 is 1.38 bits per heavy atom. The molecule has 1 fully saturated rings. The molecule has 0 unspecified atom stereocenters. The Labute approximate surface area is 125 Å². The minimum Gasteiger partial charge on any atom is -0.473 e. The molecule has 1 saturated heterocycles. The van der Waals surface area contributed by atoms with Gasteiger partial charge in [0.2, 0.25) is 11.8 Å². The van der Waals surface area contributed by atoms with Crippen molar-refractivity contribution in [1.29, 1.82) is 0 Å². The predicted molar refractivity (Wildman–Crippen MR) is 83.3 cm³/mol. The third kappa shape index (κ3) is 4.51. The number of nitrogens with zero attached hydrogens (tertiary/aromatic N) is 2. The summed E-state index contributed by atoms with van der Waals surface area (Å²) in [7, 11) is 0. The van der Waals surface area contributed by atoms with Gasteiger partial charge in [-0.15, -0.1) is 0 Å². The number of rotatable bonds is 5. The predicted octanol–water partition coefficient (Wildman–Crippen LogP) is 1.88. The lowest BCUT2D eigenvalue weighted by Crippen LogP contribution is -2.39. The van der Waals surface area contributed by atoms with Gasteiger partial charge in [-0.3, -0.25) is 4.79 Å². The highest BCUT2D eigenvalue weighted by molar-refractivity contribution is 5.80. The maximum Gasteiger partial charge on any atom is 0.241 e. The number of piperidine rings is 1. The van der Waals surface area contributed by atoms with Crippen molar-refractivity contribution in [3.8, 4) is 5.88 Å². The van der Waals surface area contributed by atoms with Crippen LogP contribution >= 0.6 is 0 Å². The fourth-order valence-electron chi connectivity index (χ4n) is 2.29. The van der Waals surface area contributed by atoms with Crippen molar-refractivity contribution in [1.82, 2.24) is 9.88 Å². The Bertz CT molecular complexity index is 485. The highest BCUT2D eigenvalue weighted by atomic mass is 16.5. The van der Waals surface area contributed by atoms with E-state index in [0.29, 0.717) is 17.4 Å². The molecular weight excluding hydrogens is 268 g/mol. The summed E-state index contributed by atoms with van der Waals surface area (Å²) in [6.45, 7) is 5.80. The number of hydrogen-bond donors (Lipinski definition) is 2. The SMILES string of the molecule is CC(C)Oc1nc(NCC(=O)N2CCCCC2)ccc1N. The number of carbonyl (C=O) groups is 1. The third-order valence-electron chi connectivity index (χ3n) is 3.37. The molecule has 1 aliphatic rings. The van der Waals surface area contributed by atoms with Crippen LogP contribution in [0.4, 0.5) is 11.5 Å². The van der Waals surface area contributed by atoms with Gasteiger partial charge >= 0.3 is 0 Å². The maximum atomic E-state index is 12.1. The first kappa shape index (κ1) is 15.4. The van der Waals surface area contributed by atoms with Crippen molar-refractivity contribution in [3.05, 3.63) is 12.1 Å². The molecule has 6 nitrogen and oxygen atoms in total. The van der Waals surface area contributed by atoms with Crippen molar-refractivity contribution < 1.29 is 9.53 Å². The van der Waals surface area contributed by atoms with Gasteiger partial charge in [0.25, 0.3) is 0 Å². The molecule has 0 saturated carbocycles. The van der Waals surface area contributed by atoms with Gasteiger partial charge in [0, 0.05) is 13.1 Å². The number of nitrogen functional groups attached to an aromatic ring is 1. The fraction of sp³-hybridized carbons (Fsp3) is 0.600. The topological polar surface area (TPSA) is 80.5 Å². The van der Waals surface area contributed by atoms with Crippen molar-refractivity contribution in [2.24, 2.45) is 0 Å². The number of nitrogens with two attached hydrogens (primary N) is 1. The highest BCUT2D eigenvalue weighted by Gasteiger charge is 2.16. The van der Waals surface area contributed by atoms with E-state index >= 15 is 0 Å². The van der Waals surface area contributed by atoms with Crippen LogP contribution in [-0.2, 0) is 4.79 Å². The summed E-state index contributed by atoms with van der Waals surface area (Å²) >= 11 is 0. The molecule has 1 aromatic heterocycles. The second-order valence-corrected chi connectivity index (χ2v) is 5.55. The minimum absolute atomic E-state index is 0.00466. The first-order valence-electron chi connectivity index (χ1n) is 7.51. The molecule has 0 radical (unpaired) electrons. The number of amides is 1. The second-order valence-electron chi connectivity index (χ2n) is 5.55. The van der Waals surface area contributed by atoms with E-state index in [1.54, 1.807) is 12.1 Å². The average molecular weight is 292 g/mol. The molecule has 0 aromatic carbocycles. The van der Waals surface area contributed by atoms with Crippen LogP contribution in [0.1, 0.15) is 33.1 Å². The molecule has 1 aliphatic heterocycles. The Morgan fingerprint density at radius 3 is 2.76 bits per heavy atom. The number of hydrogen-bond acceptors (Lipinski definition) is 5. The Kier molecular flexibility index (Phi) is 5.25. The first-order valence-corrected chi connectivity index (χ1v) is 7.51. The fourth-order valence-corrected chi connectivity index (χ4v) is 2.29. The van der Waals surface area contributed by atoms with E-state index in [-0.39, 0.29) is 18.6 Å². The van der Waals surface area contributed by atoms with Crippen molar-refractivity contribution in [3.63, 3.8) is 0 Å². The molecule has 6 heteroatoms. The first-order chi connectivity index (χ1) is 10.1. The number of carbonyl (C=O) groups excluding carboxylic acids is 1. The molecule has 0 atom stereocenters. The molecule has 0 aliphatic carbocycles. The van der Waals surface area contributed by atoms with E-state index in [1.165, 1.54) is 6.42 Å². The molecule has 3 N–H and O–H groups in total. The lowest BCUT2D eigenvalue weighted by Gasteiger charge is -2.26. The number of anilines is 2. The van der Waals surface area contributed by atoms with Crippen LogP contribution in [0.25, 0.3) is 0 Å². The van der Waals surface area contributed by atoms with Crippen molar-refractivity contribution in [2.75, 3.05) is 30.7 Å². The third-order valence-corrected chi connectivity index (χ3v) is 3.37. The molecular formula is C15H24N4O2. The lowest BCUT2D eigenvalue weighted by atomic mass is 10.1. The van der Waals surface area contributed by atoms with Gasteiger partial charge in [-0.2, -0.15) is 4.98 Å². The quantitative estimate of drug-likeness (QED) is 0.866. The van der Waals surface area contributed by atoms with Gasteiger partial charge in [0.05, 0.1) is 18.3 Å². The molecule has 21 heavy (non-hydrogen) atoms. The summed E-state index contributed by atoms with van der Waals surface area (Å²) in [5, 5.41) is 3.04. The van der Waals surface area contributed by atoms with Crippen LogP contribution in [0, 0.1) is 0 Å². The lowest BCUT2D eigenvalue weighted by molar-refractivity contribution is -0.130. The van der Waals surface area contributed by atoms with Crippen LogP contribution in [0.2, 0.25) is 0 Å². The van der Waals surface area contributed by atoms with Crippen molar-refractivity contribution in [2.45, 2.75) is 39.2 Å². The molecule has 0 spiro atoms. The zero-order valence-electron chi connectivity index (χ0n) is 12.8. The summed E-state index contributed by atoms with van der Waals surface area (Å²) in [6, 6.07) is 3.49. The minimum atomic E-state index is 0.00466. The van der Waals surface area contributed by atoms with Gasteiger partial charge in [0.1, 0.15) is 5.82 Å². The molecule has 0 bridgehead atoms. The highest BCUT2D eigenvalue weighted by Crippen LogP contribution is 2.21. The Balaban J connectivity index is 1.91. The number of ether oxygens (including phenoxy) is 1. The summed E-state index contributed by atoms with van der Waals surface area (Å²) in [4.78, 5) is 18.3. The molecule has 116 valence electrons. The smallest absolute Gasteiger partial charge is 0.241 e. The van der Waals surface area contributed by atoms with Gasteiger partial charge in [-0.25, -0.2) is 0 Å². The summed E-state index contributed by atoms with van der Waals surface area (Å²) in [5.74, 6) is 1.12. The van der Waals surface area contributed by atoms with E-state index in [4.69, 9.17) is 10.5 Å². The number of pyridine rings is 1. The number of aromatic nitrogens is 1. The standard InChI is InChI=1S/C15H24N4O2/c1-11(2)21-15-12(16)6-7-13(18-15)17-10-14(20)19-8-4-3-5-9-19/h6-7,11H,3-5,8-10,16H2,1-2H3,(H,17,18). The zero-order chi connectivity index (χ0) is 15.2. The Hall–Kier alpha value is -1.98. The van der Waals surface area contributed by atoms with Crippen LogP contribution < -0.4 is 15.8 Å². The molecule has 2 rings (SSSR count). The van der Waals surface area contributed by atoms with E-state index in [1.807, 2.05) is 18.7 Å². The molecule has 1 amide bonds. The van der Waals surface area contributed by atoms with Gasteiger partial charge in [-0.05, 0) is 45.2 Å². The van der Waals surface area contributed by atoms with Crippen LogP contribution in [0.5, 0.6) is 5.88 Å². The van der Waals surface area contributed by atoms with E-state index < -0.39 is 0 Å². The van der Waals surface area contributed by atoms with Gasteiger partial charge in [0.15, 0.2) is 0 Å². The monoisotopic (exact) mass is 292 g/mol. The van der Waals surface area contributed by atoms with E-state index in [0.717, 1.165) is 25.9 Å². The van der Waals surface area contributed by atoms with Gasteiger partial charge in [-0.1, -0.05) is 0 Å². The zero-order valence-corrected chi connectivity index (χ0v) is 12.8. The van der Waals surface area contributed by atoms with Crippen molar-refractivity contribution >= 4 is 17.4 Å². The Morgan fingerprint density at radius 2 is 2.10 bits per heavy atom. The van der Waals surface area contributed by atoms with Gasteiger partial charge < -0.3 is 20.7 Å². The van der Waals surface area contributed by atoms with E-state index in [2.05, 4.69) is 10.3 Å². The van der Waals surface area contributed by atoms with E-state index in [9.17, 15) is 4.79 Å². The summed E-state index contributed by atoms with van der Waals surface area (Å²) < 4.78 is 5.54.